The van der Waals surface area contributed by atoms with E-state index in [1.54, 1.807) is 6.92 Å². The Bertz CT molecular complexity index is 514. The first-order valence-corrected chi connectivity index (χ1v) is 10.1. The molecule has 0 aromatic rings. The van der Waals surface area contributed by atoms with E-state index in [2.05, 4.69) is 16.0 Å². The number of esters is 1. The summed E-state index contributed by atoms with van der Waals surface area (Å²) in [6.07, 6.45) is 0.683. The lowest BCUT2D eigenvalue weighted by molar-refractivity contribution is -0.153. The molecule has 0 saturated carbocycles. The predicted molar refractivity (Wildman–Crippen MR) is 105 cm³/mol. The Labute approximate surface area is 164 Å². The lowest BCUT2D eigenvalue weighted by Gasteiger charge is -2.20. The van der Waals surface area contributed by atoms with E-state index < -0.39 is 11.3 Å². The monoisotopic (exact) mass is 404 g/mol. The van der Waals surface area contributed by atoms with Gasteiger partial charge in [0.2, 0.25) is 11.8 Å². The van der Waals surface area contributed by atoms with Crippen LogP contribution in [0.1, 0.15) is 34.1 Å². The zero-order valence-corrected chi connectivity index (χ0v) is 17.4. The van der Waals surface area contributed by atoms with Gasteiger partial charge in [0.25, 0.3) is 0 Å². The fourth-order valence-electron chi connectivity index (χ4n) is 1.63. The molecule has 0 aromatic heterocycles. The number of rotatable bonds is 13. The van der Waals surface area contributed by atoms with E-state index in [0.717, 1.165) is 0 Å². The molecule has 10 heteroatoms. The van der Waals surface area contributed by atoms with E-state index in [4.69, 9.17) is 10.5 Å². The highest BCUT2D eigenvalue weighted by Gasteiger charge is 2.26. The van der Waals surface area contributed by atoms with Crippen LogP contribution in [0.5, 0.6) is 0 Å². The van der Waals surface area contributed by atoms with Crippen LogP contribution in [-0.4, -0.2) is 61.6 Å². The molecule has 0 heterocycles. The largest absolute Gasteiger partial charge is 0.463 e. The number of primary amides is 1. The van der Waals surface area contributed by atoms with Crippen molar-refractivity contribution >= 4 is 35.6 Å². The van der Waals surface area contributed by atoms with Crippen LogP contribution in [0.4, 0.5) is 4.79 Å². The number of carbonyl (C=O) groups is 4. The topological polar surface area (TPSA) is 140 Å². The van der Waals surface area contributed by atoms with Gasteiger partial charge in [-0.3, -0.25) is 14.4 Å². The molecule has 0 saturated heterocycles. The van der Waals surface area contributed by atoms with E-state index in [1.807, 2.05) is 20.8 Å². The fraction of sp³-hybridized carbons (Fsp3) is 0.765. The molecule has 156 valence electrons. The third-order valence-electron chi connectivity index (χ3n) is 3.84. The van der Waals surface area contributed by atoms with Gasteiger partial charge < -0.3 is 26.4 Å². The summed E-state index contributed by atoms with van der Waals surface area (Å²) in [4.78, 5) is 45.6. The second-order valence-corrected chi connectivity index (χ2v) is 7.87. The van der Waals surface area contributed by atoms with E-state index >= 15 is 0 Å². The summed E-state index contributed by atoms with van der Waals surface area (Å²) in [5, 5.41) is 7.74. The lowest BCUT2D eigenvalue weighted by Crippen LogP contribution is -2.39. The zero-order chi connectivity index (χ0) is 20.9. The van der Waals surface area contributed by atoms with Crippen LogP contribution >= 0.6 is 11.8 Å². The predicted octanol–water partition coefficient (Wildman–Crippen LogP) is 0.236. The van der Waals surface area contributed by atoms with Crippen LogP contribution in [-0.2, 0) is 19.1 Å². The molecule has 0 fully saturated rings. The maximum absolute atomic E-state index is 11.8. The van der Waals surface area contributed by atoms with Crippen molar-refractivity contribution in [2.24, 2.45) is 17.1 Å². The standard InChI is InChI=1S/C17H32N4O5S/c1-5-17(3,4)15(24)26-8-6-19-16(25)20-7-9-27-11-12(2)14(23)21-10-13(18)22/h12H,5-11H2,1-4H3,(H2,18,22)(H,21,23)(H2,19,20,25). The smallest absolute Gasteiger partial charge is 0.314 e. The van der Waals surface area contributed by atoms with Gasteiger partial charge in [-0.2, -0.15) is 11.8 Å². The van der Waals surface area contributed by atoms with Crippen molar-refractivity contribution in [3.05, 3.63) is 0 Å². The van der Waals surface area contributed by atoms with Crippen LogP contribution in [0.2, 0.25) is 0 Å². The maximum atomic E-state index is 11.8. The van der Waals surface area contributed by atoms with Gasteiger partial charge >= 0.3 is 12.0 Å². The highest BCUT2D eigenvalue weighted by atomic mass is 32.2. The summed E-state index contributed by atoms with van der Waals surface area (Å²) in [6.45, 7) is 7.94. The average Bonchev–Trinajstić information content (AvgIpc) is 2.62. The summed E-state index contributed by atoms with van der Waals surface area (Å²) in [5.74, 6) is -0.143. The van der Waals surface area contributed by atoms with Gasteiger partial charge in [0.05, 0.1) is 18.5 Å². The maximum Gasteiger partial charge on any atom is 0.314 e. The van der Waals surface area contributed by atoms with Crippen molar-refractivity contribution < 1.29 is 23.9 Å². The van der Waals surface area contributed by atoms with Crippen LogP contribution in [0.25, 0.3) is 0 Å². The molecule has 27 heavy (non-hydrogen) atoms. The fourth-order valence-corrected chi connectivity index (χ4v) is 2.55. The van der Waals surface area contributed by atoms with E-state index in [-0.39, 0.29) is 43.5 Å². The number of urea groups is 1. The summed E-state index contributed by atoms with van der Waals surface area (Å²) < 4.78 is 5.12. The average molecular weight is 405 g/mol. The molecule has 5 N–H and O–H groups in total. The lowest BCUT2D eigenvalue weighted by atomic mass is 9.91. The molecule has 0 aliphatic carbocycles. The van der Waals surface area contributed by atoms with Gasteiger partial charge in [-0.1, -0.05) is 13.8 Å². The van der Waals surface area contributed by atoms with Crippen molar-refractivity contribution in [1.82, 2.24) is 16.0 Å². The first kappa shape index (κ1) is 25.0. The normalized spacial score (nSPS) is 12.0. The molecule has 4 amide bonds. The van der Waals surface area contributed by atoms with Crippen molar-refractivity contribution in [1.29, 1.82) is 0 Å². The van der Waals surface area contributed by atoms with Gasteiger partial charge in [0, 0.05) is 24.0 Å². The highest BCUT2D eigenvalue weighted by molar-refractivity contribution is 7.99. The van der Waals surface area contributed by atoms with Crippen molar-refractivity contribution in [2.45, 2.75) is 34.1 Å². The number of hydrogen-bond donors (Lipinski definition) is 4. The van der Waals surface area contributed by atoms with Gasteiger partial charge in [-0.25, -0.2) is 4.79 Å². The zero-order valence-electron chi connectivity index (χ0n) is 16.6. The SMILES string of the molecule is CCC(C)(C)C(=O)OCCNC(=O)NCCSCC(C)C(=O)NCC(N)=O. The third kappa shape index (κ3) is 12.1. The Balaban J connectivity index is 3.71. The van der Waals surface area contributed by atoms with Crippen LogP contribution in [0, 0.1) is 11.3 Å². The number of nitrogens with one attached hydrogen (secondary N) is 3. The number of hydrogen-bond acceptors (Lipinski definition) is 6. The van der Waals surface area contributed by atoms with Gasteiger partial charge in [0.15, 0.2) is 0 Å². The molecular formula is C17H32N4O5S. The minimum absolute atomic E-state index is 0.127. The second-order valence-electron chi connectivity index (χ2n) is 6.72. The van der Waals surface area contributed by atoms with Gasteiger partial charge in [0.1, 0.15) is 6.61 Å². The Kier molecular flexibility index (Phi) is 12.3. The molecule has 0 spiro atoms. The second kappa shape index (κ2) is 13.2. The Hall–Kier alpha value is -1.97. The van der Waals surface area contributed by atoms with Crippen molar-refractivity contribution in [3.63, 3.8) is 0 Å². The molecule has 1 unspecified atom stereocenters. The number of ether oxygens (including phenoxy) is 1. The number of amides is 4. The Morgan fingerprint density at radius 3 is 2.33 bits per heavy atom. The summed E-state index contributed by atoms with van der Waals surface area (Å²) in [6, 6.07) is -0.339. The first-order valence-electron chi connectivity index (χ1n) is 8.92. The van der Waals surface area contributed by atoms with E-state index in [1.165, 1.54) is 11.8 Å². The number of nitrogens with two attached hydrogens (primary N) is 1. The molecule has 9 nitrogen and oxygen atoms in total. The molecule has 0 aliphatic rings. The van der Waals surface area contributed by atoms with Crippen molar-refractivity contribution in [3.8, 4) is 0 Å². The van der Waals surface area contributed by atoms with Crippen LogP contribution in [0.3, 0.4) is 0 Å². The van der Waals surface area contributed by atoms with E-state index in [9.17, 15) is 19.2 Å². The van der Waals surface area contributed by atoms with Gasteiger partial charge in [-0.05, 0) is 20.3 Å². The Morgan fingerprint density at radius 1 is 1.11 bits per heavy atom. The third-order valence-corrected chi connectivity index (χ3v) is 5.07. The quantitative estimate of drug-likeness (QED) is 0.256. The number of thioether (sulfide) groups is 1. The first-order chi connectivity index (χ1) is 12.6. The molecule has 1 atom stereocenters. The minimum Gasteiger partial charge on any atom is -0.463 e. The minimum atomic E-state index is -0.581. The number of carbonyl (C=O) groups excluding carboxylic acids is 4. The van der Waals surface area contributed by atoms with Crippen molar-refractivity contribution in [2.75, 3.05) is 37.7 Å². The van der Waals surface area contributed by atoms with Crippen LogP contribution in [0.15, 0.2) is 0 Å². The summed E-state index contributed by atoms with van der Waals surface area (Å²) in [7, 11) is 0. The molecule has 0 bridgehead atoms. The van der Waals surface area contributed by atoms with E-state index in [0.29, 0.717) is 24.5 Å². The summed E-state index contributed by atoms with van der Waals surface area (Å²) in [5.41, 5.74) is 4.44. The molecule has 0 rings (SSSR count). The molecule has 0 aliphatic heterocycles. The molecule has 0 radical (unpaired) electrons. The molecule has 0 aromatic carbocycles. The van der Waals surface area contributed by atoms with Gasteiger partial charge in [-0.15, -0.1) is 0 Å². The van der Waals surface area contributed by atoms with Crippen LogP contribution < -0.4 is 21.7 Å². The Morgan fingerprint density at radius 2 is 1.74 bits per heavy atom. The highest BCUT2D eigenvalue weighted by Crippen LogP contribution is 2.21. The molecular weight excluding hydrogens is 372 g/mol. The summed E-state index contributed by atoms with van der Waals surface area (Å²) >= 11 is 1.51.